The van der Waals surface area contributed by atoms with Crippen LogP contribution in [0.5, 0.6) is 5.75 Å². The van der Waals surface area contributed by atoms with E-state index in [0.717, 1.165) is 5.56 Å². The Morgan fingerprint density at radius 3 is 2.53 bits per heavy atom. The quantitative estimate of drug-likeness (QED) is 0.632. The van der Waals surface area contributed by atoms with Crippen LogP contribution in [0.4, 0.5) is 5.69 Å². The fourth-order valence-corrected chi connectivity index (χ4v) is 1.44. The smallest absolute Gasteiger partial charge is 0.311 e. The van der Waals surface area contributed by atoms with Crippen LogP contribution in [0.3, 0.4) is 0 Å². The zero-order chi connectivity index (χ0) is 13.0. The number of hydrogen-bond donors (Lipinski definition) is 1. The second-order valence-corrected chi connectivity index (χ2v) is 4.23. The van der Waals surface area contributed by atoms with Gasteiger partial charge in [-0.1, -0.05) is 13.0 Å². The minimum absolute atomic E-state index is 0.0401. The standard InChI is InChI=1S/C12H17NO4/c1-8(2)17-12-5-4-10(9(3)7-14)6-11(12)13(15)16/h4-6,8-9,14H,7H2,1-3H3. The molecule has 5 nitrogen and oxygen atoms in total. The topological polar surface area (TPSA) is 72.6 Å². The van der Waals surface area contributed by atoms with Crippen molar-refractivity contribution < 1.29 is 14.8 Å². The first-order chi connectivity index (χ1) is 7.95. The van der Waals surface area contributed by atoms with Gasteiger partial charge in [0.1, 0.15) is 0 Å². The predicted octanol–water partition coefficient (Wildman–Crippen LogP) is 2.48. The number of hydrogen-bond acceptors (Lipinski definition) is 4. The molecule has 1 aromatic carbocycles. The van der Waals surface area contributed by atoms with Gasteiger partial charge < -0.3 is 9.84 Å². The van der Waals surface area contributed by atoms with Gasteiger partial charge in [0.25, 0.3) is 0 Å². The molecular formula is C12H17NO4. The van der Waals surface area contributed by atoms with Crippen LogP contribution >= 0.6 is 0 Å². The van der Waals surface area contributed by atoms with Gasteiger partial charge in [0, 0.05) is 18.6 Å². The number of nitrogens with zero attached hydrogens (tertiary/aromatic N) is 1. The number of benzene rings is 1. The molecule has 0 aliphatic carbocycles. The van der Waals surface area contributed by atoms with Gasteiger partial charge in [-0.2, -0.15) is 0 Å². The van der Waals surface area contributed by atoms with Gasteiger partial charge in [0.15, 0.2) is 5.75 Å². The number of rotatable bonds is 5. The zero-order valence-electron chi connectivity index (χ0n) is 10.2. The Kier molecular flexibility index (Phi) is 4.45. The van der Waals surface area contributed by atoms with Crippen molar-refractivity contribution in [2.75, 3.05) is 6.61 Å². The van der Waals surface area contributed by atoms with Gasteiger partial charge in [-0.05, 0) is 25.5 Å². The molecule has 0 aliphatic rings. The Morgan fingerprint density at radius 2 is 2.06 bits per heavy atom. The number of aliphatic hydroxyl groups is 1. The molecule has 0 saturated heterocycles. The van der Waals surface area contributed by atoms with Crippen molar-refractivity contribution in [2.24, 2.45) is 0 Å². The molecule has 1 atom stereocenters. The second kappa shape index (κ2) is 5.63. The Labute approximate surface area is 100 Å². The number of aliphatic hydroxyl groups excluding tert-OH is 1. The molecule has 1 aromatic rings. The number of nitro benzene ring substituents is 1. The van der Waals surface area contributed by atoms with Gasteiger partial charge >= 0.3 is 5.69 Å². The van der Waals surface area contributed by atoms with Gasteiger partial charge in [-0.15, -0.1) is 0 Å². The average molecular weight is 239 g/mol. The minimum Gasteiger partial charge on any atom is -0.484 e. The molecule has 0 heterocycles. The monoisotopic (exact) mass is 239 g/mol. The summed E-state index contributed by atoms with van der Waals surface area (Å²) in [5.74, 6) is 0.140. The highest BCUT2D eigenvalue weighted by atomic mass is 16.6. The molecule has 17 heavy (non-hydrogen) atoms. The maximum Gasteiger partial charge on any atom is 0.311 e. The largest absolute Gasteiger partial charge is 0.484 e. The highest BCUT2D eigenvalue weighted by Gasteiger charge is 2.18. The van der Waals surface area contributed by atoms with Crippen LogP contribution in [0.2, 0.25) is 0 Å². The van der Waals surface area contributed by atoms with Crippen LogP contribution in [0.25, 0.3) is 0 Å². The molecule has 1 N–H and O–H groups in total. The lowest BCUT2D eigenvalue weighted by Gasteiger charge is -2.12. The molecule has 0 amide bonds. The predicted molar refractivity (Wildman–Crippen MR) is 64.4 cm³/mol. The molecular weight excluding hydrogens is 222 g/mol. The van der Waals surface area contributed by atoms with E-state index in [-0.39, 0.29) is 30.1 Å². The number of ether oxygens (including phenoxy) is 1. The fourth-order valence-electron chi connectivity index (χ4n) is 1.44. The van der Waals surface area contributed by atoms with Gasteiger partial charge in [-0.25, -0.2) is 0 Å². The van der Waals surface area contributed by atoms with Crippen LogP contribution in [-0.4, -0.2) is 22.7 Å². The fraction of sp³-hybridized carbons (Fsp3) is 0.500. The van der Waals surface area contributed by atoms with Crippen LogP contribution in [-0.2, 0) is 0 Å². The third-order valence-electron chi connectivity index (χ3n) is 2.39. The van der Waals surface area contributed by atoms with Crippen LogP contribution in [0.15, 0.2) is 18.2 Å². The van der Waals surface area contributed by atoms with E-state index in [4.69, 9.17) is 9.84 Å². The summed E-state index contributed by atoms with van der Waals surface area (Å²) in [4.78, 5) is 10.5. The highest BCUT2D eigenvalue weighted by molar-refractivity contribution is 5.49. The molecule has 5 heteroatoms. The van der Waals surface area contributed by atoms with Gasteiger partial charge in [0.2, 0.25) is 0 Å². The van der Waals surface area contributed by atoms with E-state index in [0.29, 0.717) is 0 Å². The summed E-state index contributed by atoms with van der Waals surface area (Å²) in [6, 6.07) is 4.78. The van der Waals surface area contributed by atoms with Crippen LogP contribution in [0, 0.1) is 10.1 Å². The summed E-state index contributed by atoms with van der Waals surface area (Å²) in [7, 11) is 0. The molecule has 0 aromatic heterocycles. The SMILES string of the molecule is CC(C)Oc1ccc(C(C)CO)cc1[N+](=O)[O-]. The molecule has 1 rings (SSSR count). The molecule has 94 valence electrons. The first-order valence-electron chi connectivity index (χ1n) is 5.51. The molecule has 0 radical (unpaired) electrons. The lowest BCUT2D eigenvalue weighted by molar-refractivity contribution is -0.386. The van der Waals surface area contributed by atoms with Gasteiger partial charge in [-0.3, -0.25) is 10.1 Å². The Hall–Kier alpha value is -1.62. The van der Waals surface area contributed by atoms with E-state index in [1.165, 1.54) is 6.07 Å². The third-order valence-corrected chi connectivity index (χ3v) is 2.39. The third kappa shape index (κ3) is 3.42. The molecule has 0 fully saturated rings. The van der Waals surface area contributed by atoms with E-state index in [2.05, 4.69) is 0 Å². The zero-order valence-corrected chi connectivity index (χ0v) is 10.2. The first kappa shape index (κ1) is 13.4. The van der Waals surface area contributed by atoms with Crippen molar-refractivity contribution in [3.8, 4) is 5.75 Å². The van der Waals surface area contributed by atoms with Crippen molar-refractivity contribution in [3.05, 3.63) is 33.9 Å². The van der Waals surface area contributed by atoms with Crippen molar-refractivity contribution in [1.29, 1.82) is 0 Å². The van der Waals surface area contributed by atoms with Crippen molar-refractivity contribution in [1.82, 2.24) is 0 Å². The van der Waals surface area contributed by atoms with E-state index in [9.17, 15) is 10.1 Å². The molecule has 0 aliphatic heterocycles. The van der Waals surface area contributed by atoms with Gasteiger partial charge in [0.05, 0.1) is 11.0 Å². The lowest BCUT2D eigenvalue weighted by atomic mass is 10.0. The van der Waals surface area contributed by atoms with Crippen LogP contribution in [0.1, 0.15) is 32.3 Å². The van der Waals surface area contributed by atoms with E-state index in [1.54, 1.807) is 12.1 Å². The Morgan fingerprint density at radius 1 is 1.41 bits per heavy atom. The van der Waals surface area contributed by atoms with Crippen LogP contribution < -0.4 is 4.74 Å². The van der Waals surface area contributed by atoms with E-state index < -0.39 is 4.92 Å². The van der Waals surface area contributed by atoms with E-state index >= 15 is 0 Å². The maximum absolute atomic E-state index is 10.9. The molecule has 0 spiro atoms. The summed E-state index contributed by atoms with van der Waals surface area (Å²) in [6.07, 6.45) is -0.116. The summed E-state index contributed by atoms with van der Waals surface area (Å²) < 4.78 is 5.37. The normalized spacial score (nSPS) is 12.5. The Balaban J connectivity index is 3.12. The second-order valence-electron chi connectivity index (χ2n) is 4.23. The summed E-state index contributed by atoms with van der Waals surface area (Å²) >= 11 is 0. The van der Waals surface area contributed by atoms with Crippen molar-refractivity contribution >= 4 is 5.69 Å². The minimum atomic E-state index is -0.467. The van der Waals surface area contributed by atoms with E-state index in [1.807, 2.05) is 20.8 Å². The average Bonchev–Trinajstić information content (AvgIpc) is 2.27. The van der Waals surface area contributed by atoms with Crippen molar-refractivity contribution in [3.63, 3.8) is 0 Å². The summed E-state index contributed by atoms with van der Waals surface area (Å²) in [6.45, 7) is 5.39. The van der Waals surface area contributed by atoms with Crippen molar-refractivity contribution in [2.45, 2.75) is 32.8 Å². The molecule has 1 unspecified atom stereocenters. The molecule has 0 saturated carbocycles. The summed E-state index contributed by atoms with van der Waals surface area (Å²) in [5.41, 5.74) is 0.673. The maximum atomic E-state index is 10.9. The summed E-state index contributed by atoms with van der Waals surface area (Å²) in [5, 5.41) is 20.0. The first-order valence-corrected chi connectivity index (χ1v) is 5.51. The Bertz CT molecular complexity index is 403. The highest BCUT2D eigenvalue weighted by Crippen LogP contribution is 2.31. The molecule has 0 bridgehead atoms. The lowest BCUT2D eigenvalue weighted by Crippen LogP contribution is -2.08. The number of nitro groups is 1.